The third-order valence-corrected chi connectivity index (χ3v) is 3.89. The number of hydrogen-bond acceptors (Lipinski definition) is 3. The van der Waals surface area contributed by atoms with Gasteiger partial charge in [0.05, 0.1) is 6.54 Å². The quantitative estimate of drug-likeness (QED) is 0.358. The molecule has 0 fully saturated rings. The van der Waals surface area contributed by atoms with E-state index in [2.05, 4.69) is 12.2 Å². The molecule has 0 rings (SSSR count). The topological polar surface area (TPSA) is 75.3 Å². The number of unbranched alkanes of at least 4 members (excludes halogenated alkanes) is 13. The van der Waals surface area contributed by atoms with Gasteiger partial charge in [-0.15, -0.1) is 0 Å². The van der Waals surface area contributed by atoms with E-state index in [0.717, 1.165) is 6.54 Å². The van der Waals surface area contributed by atoms with Crippen LogP contribution in [-0.4, -0.2) is 31.2 Å². The molecular formula is C19H42N2O2. The number of rotatable bonds is 16. The van der Waals surface area contributed by atoms with Crippen molar-refractivity contribution in [2.75, 3.05) is 20.1 Å². The number of likely N-dealkylation sites (N-methyl/N-ethyl adjacent to an activating group) is 1. The summed E-state index contributed by atoms with van der Waals surface area (Å²) in [6, 6.07) is 0. The maximum atomic E-state index is 9.54. The number of nitrogens with two attached hydrogens (primary N) is 1. The van der Waals surface area contributed by atoms with Gasteiger partial charge in [-0.25, -0.2) is 0 Å². The lowest BCUT2D eigenvalue weighted by Crippen LogP contribution is -2.16. The molecule has 0 aliphatic rings. The normalized spacial score (nSPS) is 10.2. The Labute approximate surface area is 144 Å². The van der Waals surface area contributed by atoms with E-state index in [-0.39, 0.29) is 6.54 Å². The minimum absolute atomic E-state index is 0.0417. The Morgan fingerprint density at radius 3 is 1.35 bits per heavy atom. The minimum atomic E-state index is -0.822. The van der Waals surface area contributed by atoms with Crippen LogP contribution >= 0.6 is 0 Å². The Hall–Kier alpha value is -0.610. The van der Waals surface area contributed by atoms with E-state index >= 15 is 0 Å². The fraction of sp³-hybridized carbons (Fsp3) is 0.947. The molecule has 4 nitrogen and oxygen atoms in total. The highest BCUT2D eigenvalue weighted by molar-refractivity contribution is 5.68. The lowest BCUT2D eigenvalue weighted by atomic mass is 10.0. The molecule has 0 aromatic heterocycles. The largest absolute Gasteiger partial charge is 0.480 e. The van der Waals surface area contributed by atoms with Gasteiger partial charge >= 0.3 is 5.97 Å². The Kier molecular flexibility index (Phi) is 25.3. The summed E-state index contributed by atoms with van der Waals surface area (Å²) in [5, 5.41) is 10.3. The highest BCUT2D eigenvalue weighted by atomic mass is 16.4. The van der Waals surface area contributed by atoms with E-state index in [1.54, 1.807) is 7.05 Å². The first-order valence-electron chi connectivity index (χ1n) is 9.75. The van der Waals surface area contributed by atoms with Crippen molar-refractivity contribution in [3.05, 3.63) is 0 Å². The highest BCUT2D eigenvalue weighted by Crippen LogP contribution is 2.12. The number of carboxylic acid groups (broad SMARTS) is 1. The van der Waals surface area contributed by atoms with Gasteiger partial charge in [0.1, 0.15) is 0 Å². The van der Waals surface area contributed by atoms with Crippen LogP contribution < -0.4 is 11.1 Å². The second kappa shape index (κ2) is 23.7. The number of carbonyl (C=O) groups is 1. The van der Waals surface area contributed by atoms with Gasteiger partial charge in [0.25, 0.3) is 0 Å². The molecule has 0 bridgehead atoms. The van der Waals surface area contributed by atoms with Gasteiger partial charge in [0.2, 0.25) is 0 Å². The summed E-state index contributed by atoms with van der Waals surface area (Å²) in [7, 11) is 1.59. The van der Waals surface area contributed by atoms with Crippen LogP contribution in [0.5, 0.6) is 0 Å². The second-order valence-corrected chi connectivity index (χ2v) is 6.31. The van der Waals surface area contributed by atoms with E-state index in [0.29, 0.717) is 0 Å². The van der Waals surface area contributed by atoms with Gasteiger partial charge < -0.3 is 16.2 Å². The van der Waals surface area contributed by atoms with Crippen molar-refractivity contribution in [3.8, 4) is 0 Å². The van der Waals surface area contributed by atoms with Crippen molar-refractivity contribution in [1.82, 2.24) is 5.32 Å². The smallest absolute Gasteiger partial charge is 0.317 e. The third kappa shape index (κ3) is 29.9. The van der Waals surface area contributed by atoms with Gasteiger partial charge in [-0.3, -0.25) is 4.79 Å². The number of aliphatic carboxylic acids is 1. The molecule has 0 radical (unpaired) electrons. The molecule has 0 aliphatic carbocycles. The Bertz CT molecular complexity index is 209. The van der Waals surface area contributed by atoms with Crippen molar-refractivity contribution in [2.45, 2.75) is 96.8 Å². The zero-order valence-corrected chi connectivity index (χ0v) is 15.7. The van der Waals surface area contributed by atoms with Crippen LogP contribution in [0.4, 0.5) is 0 Å². The van der Waals surface area contributed by atoms with E-state index < -0.39 is 5.97 Å². The monoisotopic (exact) mass is 330 g/mol. The summed E-state index contributed by atoms with van der Waals surface area (Å²) in [5.74, 6) is -0.822. The van der Waals surface area contributed by atoms with Crippen LogP contribution in [0.25, 0.3) is 0 Å². The molecule has 0 atom stereocenters. The summed E-state index contributed by atoms with van der Waals surface area (Å²) in [6.45, 7) is 3.20. The first-order valence-corrected chi connectivity index (χ1v) is 9.75. The van der Waals surface area contributed by atoms with Crippen molar-refractivity contribution in [2.24, 2.45) is 5.73 Å². The highest BCUT2D eigenvalue weighted by Gasteiger charge is 1.93. The maximum Gasteiger partial charge on any atom is 0.317 e. The molecule has 0 amide bonds. The molecule has 0 spiro atoms. The van der Waals surface area contributed by atoms with Crippen LogP contribution in [0.3, 0.4) is 0 Å². The molecule has 140 valence electrons. The fourth-order valence-electron chi connectivity index (χ4n) is 2.49. The summed E-state index contributed by atoms with van der Waals surface area (Å²) < 4.78 is 0. The van der Waals surface area contributed by atoms with E-state index in [9.17, 15) is 4.79 Å². The maximum absolute atomic E-state index is 9.54. The van der Waals surface area contributed by atoms with Crippen molar-refractivity contribution >= 4 is 5.97 Å². The summed E-state index contributed by atoms with van der Waals surface area (Å²) in [6.07, 6.45) is 19.9. The minimum Gasteiger partial charge on any atom is -0.480 e. The first-order chi connectivity index (χ1) is 11.2. The molecule has 23 heavy (non-hydrogen) atoms. The molecule has 0 aromatic carbocycles. The van der Waals surface area contributed by atoms with E-state index in [4.69, 9.17) is 10.8 Å². The van der Waals surface area contributed by atoms with Gasteiger partial charge in [-0.05, 0) is 20.0 Å². The molecule has 4 N–H and O–H groups in total. The molecule has 0 aliphatic heterocycles. The van der Waals surface area contributed by atoms with Gasteiger partial charge in [-0.1, -0.05) is 90.4 Å². The second-order valence-electron chi connectivity index (χ2n) is 6.31. The zero-order chi connectivity index (χ0) is 17.6. The van der Waals surface area contributed by atoms with Gasteiger partial charge in [0.15, 0.2) is 0 Å². The lowest BCUT2D eigenvalue weighted by Gasteiger charge is -2.02. The van der Waals surface area contributed by atoms with E-state index in [1.165, 1.54) is 89.9 Å². The van der Waals surface area contributed by atoms with Gasteiger partial charge in [-0.2, -0.15) is 0 Å². The average Bonchev–Trinajstić information content (AvgIpc) is 2.52. The summed E-state index contributed by atoms with van der Waals surface area (Å²) in [5.41, 5.74) is 5.47. The lowest BCUT2D eigenvalue weighted by molar-refractivity contribution is -0.135. The Balaban J connectivity index is 0. The predicted octanol–water partition coefficient (Wildman–Crippen LogP) is 4.72. The number of carboxylic acids is 1. The number of hydrogen-bond donors (Lipinski definition) is 3. The zero-order valence-electron chi connectivity index (χ0n) is 15.7. The Morgan fingerprint density at radius 2 is 1.13 bits per heavy atom. The molecule has 0 heterocycles. The van der Waals surface area contributed by atoms with Crippen molar-refractivity contribution < 1.29 is 9.90 Å². The van der Waals surface area contributed by atoms with Crippen LogP contribution in [0, 0.1) is 0 Å². The molecular weight excluding hydrogens is 288 g/mol. The van der Waals surface area contributed by atoms with Crippen molar-refractivity contribution in [1.29, 1.82) is 0 Å². The Morgan fingerprint density at radius 1 is 0.783 bits per heavy atom. The first kappa shape index (κ1) is 24.6. The average molecular weight is 331 g/mol. The third-order valence-electron chi connectivity index (χ3n) is 3.89. The molecule has 0 unspecified atom stereocenters. The molecule has 4 heteroatoms. The summed E-state index contributed by atoms with van der Waals surface area (Å²) in [4.78, 5) is 9.54. The van der Waals surface area contributed by atoms with Crippen LogP contribution in [0.2, 0.25) is 0 Å². The molecule has 0 saturated heterocycles. The molecule has 0 aromatic rings. The van der Waals surface area contributed by atoms with Crippen LogP contribution in [0.1, 0.15) is 96.8 Å². The predicted molar refractivity (Wildman–Crippen MR) is 101 cm³/mol. The fourth-order valence-corrected chi connectivity index (χ4v) is 2.49. The standard InChI is InChI=1S/C16H35N.C3H7NO2/c1-2-3-4-5-6-7-8-9-10-11-12-13-14-15-16-17;1-4-2-3(5)6/h2-17H2,1H3;4H,2H2,1H3,(H,5,6). The molecule has 0 saturated carbocycles. The van der Waals surface area contributed by atoms with Crippen LogP contribution in [0.15, 0.2) is 0 Å². The SMILES string of the molecule is CCCCCCCCCCCCCCCCN.CNCC(=O)O. The van der Waals surface area contributed by atoms with Gasteiger partial charge in [0, 0.05) is 0 Å². The van der Waals surface area contributed by atoms with Crippen LogP contribution in [-0.2, 0) is 4.79 Å². The van der Waals surface area contributed by atoms with E-state index in [1.807, 2.05) is 0 Å². The number of nitrogens with one attached hydrogen (secondary N) is 1. The van der Waals surface area contributed by atoms with Crippen molar-refractivity contribution in [3.63, 3.8) is 0 Å². The summed E-state index contributed by atoms with van der Waals surface area (Å²) >= 11 is 0.